The molecule has 2 aliphatic carbocycles. The molecule has 0 saturated heterocycles. The summed E-state index contributed by atoms with van der Waals surface area (Å²) in [7, 11) is 0. The Kier molecular flexibility index (Phi) is 4.95. The predicted molar refractivity (Wildman–Crippen MR) is 111 cm³/mol. The van der Waals surface area contributed by atoms with Gasteiger partial charge >= 0.3 is 0 Å². The largest absolute Gasteiger partial charge is 0.507 e. The Hall–Kier alpha value is -3.38. The Morgan fingerprint density at radius 3 is 2.23 bits per heavy atom. The summed E-state index contributed by atoms with van der Waals surface area (Å²) in [5.41, 5.74) is 0.466. The molecule has 3 N–H and O–H groups in total. The fraction of sp³-hybridized carbons (Fsp3) is 0.250. The standard InChI is InChI=1S/C24H22O6/c1-2-3-5-14-7-9-15(10-8-14)30-24(29)13-4-6-16-21(24)23(28)20-18(26)12-11-17(25)19(20)22(16)27/h4,6-12,27-29H,2-3,5,13H2,1H3. The molecule has 0 aliphatic heterocycles. The van der Waals surface area contributed by atoms with Gasteiger partial charge in [0.25, 0.3) is 0 Å². The molecule has 154 valence electrons. The first-order valence-electron chi connectivity index (χ1n) is 9.91. The van der Waals surface area contributed by atoms with Crippen molar-refractivity contribution in [1.82, 2.24) is 0 Å². The van der Waals surface area contributed by atoms with Gasteiger partial charge in [0.1, 0.15) is 17.2 Å². The van der Waals surface area contributed by atoms with Gasteiger partial charge in [-0.2, -0.15) is 0 Å². The normalized spacial score (nSPS) is 19.5. The van der Waals surface area contributed by atoms with Gasteiger partial charge in [0.15, 0.2) is 11.6 Å². The van der Waals surface area contributed by atoms with Crippen LogP contribution >= 0.6 is 0 Å². The molecular weight excluding hydrogens is 384 g/mol. The van der Waals surface area contributed by atoms with Crippen LogP contribution in [0.2, 0.25) is 0 Å². The lowest BCUT2D eigenvalue weighted by Crippen LogP contribution is -2.35. The molecule has 1 atom stereocenters. The zero-order valence-electron chi connectivity index (χ0n) is 16.5. The molecule has 2 aliphatic rings. The van der Waals surface area contributed by atoms with Crippen LogP contribution in [0.3, 0.4) is 0 Å². The molecule has 6 heteroatoms. The highest BCUT2D eigenvalue weighted by Crippen LogP contribution is 2.48. The van der Waals surface area contributed by atoms with Crippen molar-refractivity contribution in [2.45, 2.75) is 38.4 Å². The first kappa shape index (κ1) is 19.9. The van der Waals surface area contributed by atoms with Gasteiger partial charge in [-0.15, -0.1) is 0 Å². The lowest BCUT2D eigenvalue weighted by atomic mass is 9.82. The second-order valence-electron chi connectivity index (χ2n) is 7.54. The molecule has 2 aromatic carbocycles. The molecule has 0 aromatic heterocycles. The van der Waals surface area contributed by atoms with Gasteiger partial charge in [-0.3, -0.25) is 9.59 Å². The molecule has 0 saturated carbocycles. The molecule has 0 heterocycles. The number of hydrogen-bond acceptors (Lipinski definition) is 6. The average Bonchev–Trinajstić information content (AvgIpc) is 2.72. The third kappa shape index (κ3) is 3.19. The maximum Gasteiger partial charge on any atom is 0.242 e. The Labute approximate surface area is 173 Å². The number of phenols is 2. The second-order valence-corrected chi connectivity index (χ2v) is 7.54. The minimum absolute atomic E-state index is 0.0126. The van der Waals surface area contributed by atoms with Crippen LogP contribution in [0.1, 0.15) is 63.6 Å². The topological polar surface area (TPSA) is 104 Å². The number of ether oxygens (including phenoxy) is 1. The van der Waals surface area contributed by atoms with E-state index in [0.717, 1.165) is 37.0 Å². The average molecular weight is 406 g/mol. The number of carbonyl (C=O) groups is 2. The van der Waals surface area contributed by atoms with E-state index in [4.69, 9.17) is 4.74 Å². The van der Waals surface area contributed by atoms with Gasteiger partial charge < -0.3 is 20.1 Å². The minimum Gasteiger partial charge on any atom is -0.507 e. The van der Waals surface area contributed by atoms with Gasteiger partial charge in [0, 0.05) is 12.0 Å². The monoisotopic (exact) mass is 406 g/mol. The van der Waals surface area contributed by atoms with E-state index < -0.39 is 28.9 Å². The molecule has 2 aromatic rings. The summed E-state index contributed by atoms with van der Waals surface area (Å²) in [5.74, 6) is -3.89. The fourth-order valence-electron chi connectivity index (χ4n) is 3.93. The van der Waals surface area contributed by atoms with Crippen molar-refractivity contribution < 1.29 is 29.6 Å². The van der Waals surface area contributed by atoms with Gasteiger partial charge in [-0.05, 0) is 42.7 Å². The van der Waals surface area contributed by atoms with Gasteiger partial charge in [-0.25, -0.2) is 0 Å². The van der Waals surface area contributed by atoms with Crippen molar-refractivity contribution in [3.05, 3.63) is 70.3 Å². The van der Waals surface area contributed by atoms with E-state index in [9.17, 15) is 24.9 Å². The van der Waals surface area contributed by atoms with Crippen LogP contribution < -0.4 is 4.74 Å². The van der Waals surface area contributed by atoms with Crippen LogP contribution in [0.15, 0.2) is 42.5 Å². The highest BCUT2D eigenvalue weighted by Gasteiger charge is 2.43. The Morgan fingerprint density at radius 1 is 0.967 bits per heavy atom. The quantitative estimate of drug-likeness (QED) is 0.512. The Bertz CT molecular complexity index is 1090. The molecule has 0 spiro atoms. The summed E-state index contributed by atoms with van der Waals surface area (Å²) in [5, 5.41) is 32.8. The summed E-state index contributed by atoms with van der Waals surface area (Å²) in [6.45, 7) is 2.12. The van der Waals surface area contributed by atoms with Crippen LogP contribution in [-0.2, 0) is 12.2 Å². The number of rotatable bonds is 5. The Morgan fingerprint density at radius 2 is 1.60 bits per heavy atom. The SMILES string of the molecule is CCCCc1ccc(OC2(O)CC=Cc3c(O)c4c(c(O)c32)C(=O)C=CC4=O)cc1. The maximum absolute atomic E-state index is 12.3. The molecule has 1 unspecified atom stereocenters. The van der Waals surface area contributed by atoms with Crippen LogP contribution in [0.25, 0.3) is 6.08 Å². The molecule has 0 radical (unpaired) electrons. The van der Waals surface area contributed by atoms with Gasteiger partial charge in [0.2, 0.25) is 5.79 Å². The van der Waals surface area contributed by atoms with Crippen molar-refractivity contribution in [1.29, 1.82) is 0 Å². The van der Waals surface area contributed by atoms with Crippen molar-refractivity contribution in [3.63, 3.8) is 0 Å². The second kappa shape index (κ2) is 7.46. The number of ketones is 2. The Balaban J connectivity index is 1.78. The van der Waals surface area contributed by atoms with E-state index in [1.165, 1.54) is 6.08 Å². The molecule has 4 rings (SSSR count). The minimum atomic E-state index is -2.02. The van der Waals surface area contributed by atoms with Crippen LogP contribution in [0.4, 0.5) is 0 Å². The van der Waals surface area contributed by atoms with E-state index in [0.29, 0.717) is 5.75 Å². The third-order valence-electron chi connectivity index (χ3n) is 5.46. The maximum atomic E-state index is 12.3. The number of hydrogen-bond donors (Lipinski definition) is 3. The van der Waals surface area contributed by atoms with Crippen molar-refractivity contribution in [3.8, 4) is 17.2 Å². The summed E-state index contributed by atoms with van der Waals surface area (Å²) in [6.07, 6.45) is 8.24. The summed E-state index contributed by atoms with van der Waals surface area (Å²) >= 11 is 0. The summed E-state index contributed by atoms with van der Waals surface area (Å²) in [6, 6.07) is 7.28. The van der Waals surface area contributed by atoms with Crippen molar-refractivity contribution in [2.24, 2.45) is 0 Å². The molecule has 6 nitrogen and oxygen atoms in total. The van der Waals surface area contributed by atoms with Crippen LogP contribution in [-0.4, -0.2) is 26.9 Å². The number of aryl methyl sites for hydroxylation is 1. The zero-order chi connectivity index (χ0) is 21.5. The smallest absolute Gasteiger partial charge is 0.242 e. The van der Waals surface area contributed by atoms with E-state index >= 15 is 0 Å². The van der Waals surface area contributed by atoms with Crippen LogP contribution in [0, 0.1) is 0 Å². The van der Waals surface area contributed by atoms with Crippen molar-refractivity contribution in [2.75, 3.05) is 0 Å². The number of fused-ring (bicyclic) bond motifs is 2. The summed E-state index contributed by atoms with van der Waals surface area (Å²) < 4.78 is 5.84. The molecular formula is C24H22O6. The van der Waals surface area contributed by atoms with E-state index in [1.807, 2.05) is 12.1 Å². The summed E-state index contributed by atoms with van der Waals surface area (Å²) in [4.78, 5) is 24.6. The number of phenolic OH excluding ortho intramolecular Hbond substituents is 2. The zero-order valence-corrected chi connectivity index (χ0v) is 16.5. The lowest BCUT2D eigenvalue weighted by Gasteiger charge is -2.34. The van der Waals surface area contributed by atoms with E-state index in [2.05, 4.69) is 6.92 Å². The lowest BCUT2D eigenvalue weighted by molar-refractivity contribution is -0.145. The van der Waals surface area contributed by atoms with Gasteiger partial charge in [0.05, 0.1) is 16.7 Å². The van der Waals surface area contributed by atoms with Gasteiger partial charge in [-0.1, -0.05) is 37.6 Å². The molecule has 0 fully saturated rings. The van der Waals surface area contributed by atoms with Crippen LogP contribution in [0.5, 0.6) is 17.2 Å². The third-order valence-corrected chi connectivity index (χ3v) is 5.46. The molecule has 0 bridgehead atoms. The highest BCUT2D eigenvalue weighted by molar-refractivity contribution is 6.25. The number of aromatic hydroxyl groups is 2. The first-order chi connectivity index (χ1) is 14.4. The predicted octanol–water partition coefficient (Wildman–Crippen LogP) is 4.02. The number of aliphatic hydroxyl groups is 1. The first-order valence-corrected chi connectivity index (χ1v) is 9.91. The van der Waals surface area contributed by atoms with Crippen molar-refractivity contribution >= 4 is 17.6 Å². The number of unbranched alkanes of at least 4 members (excludes halogenated alkanes) is 1. The number of allylic oxidation sites excluding steroid dienone is 2. The molecule has 0 amide bonds. The fourth-order valence-corrected chi connectivity index (χ4v) is 3.93. The number of carbonyl (C=O) groups excluding carboxylic acids is 2. The highest BCUT2D eigenvalue weighted by atomic mass is 16.6. The van der Waals surface area contributed by atoms with E-state index in [1.54, 1.807) is 18.2 Å². The molecule has 30 heavy (non-hydrogen) atoms. The number of benzene rings is 2. The van der Waals surface area contributed by atoms with E-state index in [-0.39, 0.29) is 28.7 Å².